The minimum absolute atomic E-state index is 0.0869. The molecule has 1 N–H and O–H groups in total. The normalized spacial score (nSPS) is 11.2. The SMILES string of the molecule is CCN(C)c1cc(-c2ccc(OC)c(NS(C)(=O)=O)c2)cn(C)c1=O. The third kappa shape index (κ3) is 4.33. The fourth-order valence-corrected chi connectivity index (χ4v) is 3.02. The first-order valence-corrected chi connectivity index (χ1v) is 9.63. The molecule has 1 aromatic heterocycles. The highest BCUT2D eigenvalue weighted by atomic mass is 32.2. The van der Waals surface area contributed by atoms with Gasteiger partial charge in [0, 0.05) is 32.4 Å². The lowest BCUT2D eigenvalue weighted by atomic mass is 10.1. The van der Waals surface area contributed by atoms with Gasteiger partial charge in [0.05, 0.1) is 19.1 Å². The second kappa shape index (κ2) is 7.18. The Balaban J connectivity index is 2.61. The topological polar surface area (TPSA) is 80.6 Å². The van der Waals surface area contributed by atoms with Crippen molar-refractivity contribution in [2.24, 2.45) is 7.05 Å². The highest BCUT2D eigenvalue weighted by molar-refractivity contribution is 7.92. The van der Waals surface area contributed by atoms with Gasteiger partial charge in [-0.3, -0.25) is 9.52 Å². The summed E-state index contributed by atoms with van der Waals surface area (Å²) in [7, 11) is 1.58. The Morgan fingerprint density at radius 2 is 1.92 bits per heavy atom. The summed E-state index contributed by atoms with van der Waals surface area (Å²) in [6.07, 6.45) is 2.81. The van der Waals surface area contributed by atoms with Gasteiger partial charge in [-0.1, -0.05) is 6.07 Å². The summed E-state index contributed by atoms with van der Waals surface area (Å²) < 4.78 is 32.3. The van der Waals surface area contributed by atoms with Gasteiger partial charge in [-0.15, -0.1) is 0 Å². The fourth-order valence-electron chi connectivity index (χ4n) is 2.46. The molecule has 136 valence electrons. The van der Waals surface area contributed by atoms with Crippen molar-refractivity contribution in [3.63, 3.8) is 0 Å². The maximum absolute atomic E-state index is 12.3. The number of rotatable bonds is 6. The van der Waals surface area contributed by atoms with Crippen molar-refractivity contribution >= 4 is 21.4 Å². The van der Waals surface area contributed by atoms with E-state index in [1.54, 1.807) is 31.4 Å². The van der Waals surface area contributed by atoms with Gasteiger partial charge in [-0.05, 0) is 30.7 Å². The number of benzene rings is 1. The maximum Gasteiger partial charge on any atom is 0.273 e. The molecule has 2 rings (SSSR count). The van der Waals surface area contributed by atoms with E-state index in [1.165, 1.54) is 11.7 Å². The van der Waals surface area contributed by atoms with Crippen LogP contribution < -0.4 is 19.9 Å². The number of nitrogens with zero attached hydrogens (tertiary/aromatic N) is 2. The monoisotopic (exact) mass is 365 g/mol. The van der Waals surface area contributed by atoms with E-state index in [0.29, 0.717) is 23.7 Å². The van der Waals surface area contributed by atoms with Crippen molar-refractivity contribution in [1.29, 1.82) is 0 Å². The van der Waals surface area contributed by atoms with Crippen molar-refractivity contribution in [2.45, 2.75) is 6.92 Å². The quantitative estimate of drug-likeness (QED) is 0.845. The highest BCUT2D eigenvalue weighted by Crippen LogP contribution is 2.31. The average Bonchev–Trinajstić information content (AvgIpc) is 2.55. The third-order valence-electron chi connectivity index (χ3n) is 3.88. The van der Waals surface area contributed by atoms with Gasteiger partial charge in [0.15, 0.2) is 0 Å². The zero-order chi connectivity index (χ0) is 18.8. The summed E-state index contributed by atoms with van der Waals surface area (Å²) in [5, 5.41) is 0. The Labute approximate surface area is 147 Å². The van der Waals surface area contributed by atoms with E-state index in [1.807, 2.05) is 24.9 Å². The molecule has 0 unspecified atom stereocenters. The summed E-state index contributed by atoms with van der Waals surface area (Å²) in [6, 6.07) is 7.01. The Kier molecular flexibility index (Phi) is 5.42. The van der Waals surface area contributed by atoms with E-state index in [-0.39, 0.29) is 5.56 Å². The molecular weight excluding hydrogens is 342 g/mol. The molecule has 0 aliphatic rings. The predicted octanol–water partition coefficient (Wildman–Crippen LogP) is 1.89. The first kappa shape index (κ1) is 18.9. The zero-order valence-corrected chi connectivity index (χ0v) is 15.8. The van der Waals surface area contributed by atoms with Crippen LogP contribution in [-0.2, 0) is 17.1 Å². The number of sulfonamides is 1. The Hall–Kier alpha value is -2.48. The molecular formula is C17H23N3O4S. The van der Waals surface area contributed by atoms with E-state index in [9.17, 15) is 13.2 Å². The molecule has 0 amide bonds. The van der Waals surface area contributed by atoms with Crippen molar-refractivity contribution < 1.29 is 13.2 Å². The van der Waals surface area contributed by atoms with Gasteiger partial charge >= 0.3 is 0 Å². The number of methoxy groups -OCH3 is 1. The van der Waals surface area contributed by atoms with Crippen LogP contribution in [0.4, 0.5) is 11.4 Å². The van der Waals surface area contributed by atoms with E-state index >= 15 is 0 Å². The van der Waals surface area contributed by atoms with Gasteiger partial charge < -0.3 is 14.2 Å². The molecule has 8 heteroatoms. The number of anilines is 2. The van der Waals surface area contributed by atoms with Gasteiger partial charge in [-0.2, -0.15) is 0 Å². The minimum Gasteiger partial charge on any atom is -0.495 e. The molecule has 0 aliphatic heterocycles. The van der Waals surface area contributed by atoms with Crippen LogP contribution in [0.2, 0.25) is 0 Å². The summed E-state index contributed by atoms with van der Waals surface area (Å²) in [6.45, 7) is 2.66. The van der Waals surface area contributed by atoms with Crippen LogP contribution in [0.25, 0.3) is 11.1 Å². The average molecular weight is 365 g/mol. The van der Waals surface area contributed by atoms with Crippen molar-refractivity contribution in [1.82, 2.24) is 4.57 Å². The van der Waals surface area contributed by atoms with E-state index in [4.69, 9.17) is 4.74 Å². The van der Waals surface area contributed by atoms with Crippen molar-refractivity contribution in [3.05, 3.63) is 40.8 Å². The van der Waals surface area contributed by atoms with Crippen LogP contribution in [0.1, 0.15) is 6.92 Å². The second-order valence-electron chi connectivity index (χ2n) is 5.83. The number of pyridine rings is 1. The smallest absolute Gasteiger partial charge is 0.273 e. The summed E-state index contributed by atoms with van der Waals surface area (Å²) in [5.74, 6) is 0.421. The number of aromatic nitrogens is 1. The highest BCUT2D eigenvalue weighted by Gasteiger charge is 2.13. The first-order chi connectivity index (χ1) is 11.7. The van der Waals surface area contributed by atoms with Crippen LogP contribution in [0.15, 0.2) is 35.3 Å². The molecule has 25 heavy (non-hydrogen) atoms. The summed E-state index contributed by atoms with van der Waals surface area (Å²) in [4.78, 5) is 14.2. The molecule has 0 saturated heterocycles. The lowest BCUT2D eigenvalue weighted by molar-refractivity contribution is 0.417. The molecule has 0 aliphatic carbocycles. The summed E-state index contributed by atoms with van der Waals surface area (Å²) in [5.41, 5.74) is 2.42. The molecule has 2 aromatic rings. The molecule has 0 saturated carbocycles. The zero-order valence-electron chi connectivity index (χ0n) is 15.0. The predicted molar refractivity (Wildman–Crippen MR) is 101 cm³/mol. The number of ether oxygens (including phenoxy) is 1. The molecule has 0 bridgehead atoms. The number of hydrogen-bond donors (Lipinski definition) is 1. The Bertz CT molecular complexity index is 935. The lowest BCUT2D eigenvalue weighted by Crippen LogP contribution is -2.28. The van der Waals surface area contributed by atoms with Crippen LogP contribution in [0, 0.1) is 0 Å². The molecule has 0 radical (unpaired) electrons. The van der Waals surface area contributed by atoms with Crippen LogP contribution in [0.3, 0.4) is 0 Å². The fraction of sp³-hybridized carbons (Fsp3) is 0.353. The molecule has 0 spiro atoms. The standard InChI is InChI=1S/C17H23N3O4S/c1-6-19(2)15-10-13(11-20(3)17(15)21)12-7-8-16(24-4)14(9-12)18-25(5,22)23/h7-11,18H,6H2,1-5H3. The number of aryl methyl sites for hydroxylation is 1. The van der Waals surface area contributed by atoms with E-state index in [2.05, 4.69) is 4.72 Å². The lowest BCUT2D eigenvalue weighted by Gasteiger charge is -2.18. The Morgan fingerprint density at radius 1 is 1.24 bits per heavy atom. The minimum atomic E-state index is -3.44. The van der Waals surface area contributed by atoms with Crippen LogP contribution in [0.5, 0.6) is 5.75 Å². The second-order valence-corrected chi connectivity index (χ2v) is 7.58. The molecule has 7 nitrogen and oxygen atoms in total. The molecule has 1 aromatic carbocycles. The molecule has 0 fully saturated rings. The third-order valence-corrected chi connectivity index (χ3v) is 4.47. The largest absolute Gasteiger partial charge is 0.495 e. The number of nitrogens with one attached hydrogen (secondary N) is 1. The van der Waals surface area contributed by atoms with Gasteiger partial charge in [0.25, 0.3) is 5.56 Å². The van der Waals surface area contributed by atoms with E-state index in [0.717, 1.165) is 17.4 Å². The first-order valence-electron chi connectivity index (χ1n) is 7.74. The number of hydrogen-bond acceptors (Lipinski definition) is 5. The molecule has 1 heterocycles. The van der Waals surface area contributed by atoms with Crippen molar-refractivity contribution in [3.8, 4) is 16.9 Å². The van der Waals surface area contributed by atoms with Gasteiger partial charge in [-0.25, -0.2) is 8.42 Å². The molecule has 0 atom stereocenters. The van der Waals surface area contributed by atoms with Crippen molar-refractivity contribution in [2.75, 3.05) is 36.6 Å². The van der Waals surface area contributed by atoms with Crippen LogP contribution in [-0.4, -0.2) is 39.9 Å². The van der Waals surface area contributed by atoms with Gasteiger partial charge in [0.2, 0.25) is 10.0 Å². The Morgan fingerprint density at radius 3 is 2.48 bits per heavy atom. The van der Waals surface area contributed by atoms with Gasteiger partial charge in [0.1, 0.15) is 11.4 Å². The van der Waals surface area contributed by atoms with Crippen LogP contribution >= 0.6 is 0 Å². The summed E-state index contributed by atoms with van der Waals surface area (Å²) >= 11 is 0. The maximum atomic E-state index is 12.3. The van der Waals surface area contributed by atoms with E-state index < -0.39 is 10.0 Å².